The SMILES string of the molecule is COC(=O)[C@@H]1C2(CC[C@H]3[C@@]1(C)CC[C@H]1C(C)(C)CCC[C@]31C)O[C@H](CO)[C@@H](CO)O2. The van der Waals surface area contributed by atoms with Crippen molar-refractivity contribution in [3.05, 3.63) is 0 Å². The van der Waals surface area contributed by atoms with Crippen molar-refractivity contribution in [2.24, 2.45) is 34.0 Å². The number of carbonyl (C=O) groups excluding carboxylic acids is 1. The Morgan fingerprint density at radius 1 is 0.900 bits per heavy atom. The Bertz CT molecular complexity index is 665. The van der Waals surface area contributed by atoms with E-state index in [0.717, 1.165) is 19.3 Å². The largest absolute Gasteiger partial charge is 0.469 e. The minimum absolute atomic E-state index is 0.175. The fourth-order valence-corrected chi connectivity index (χ4v) is 8.51. The number of fused-ring (bicyclic) bond motifs is 3. The zero-order valence-corrected chi connectivity index (χ0v) is 19.3. The van der Waals surface area contributed by atoms with Crippen LogP contribution in [-0.4, -0.2) is 54.5 Å². The number of methoxy groups -OCH3 is 1. The van der Waals surface area contributed by atoms with Gasteiger partial charge in [-0.1, -0.05) is 34.1 Å². The lowest BCUT2D eigenvalue weighted by molar-refractivity contribution is -0.292. The third-order valence-corrected chi connectivity index (χ3v) is 9.63. The Morgan fingerprint density at radius 2 is 1.50 bits per heavy atom. The molecule has 3 saturated carbocycles. The van der Waals surface area contributed by atoms with Crippen LogP contribution in [0.15, 0.2) is 0 Å². The summed E-state index contributed by atoms with van der Waals surface area (Å²) in [5, 5.41) is 19.6. The van der Waals surface area contributed by atoms with Gasteiger partial charge in [-0.15, -0.1) is 0 Å². The lowest BCUT2D eigenvalue weighted by atomic mass is 9.39. The second-order valence-corrected chi connectivity index (χ2v) is 11.5. The number of aliphatic hydroxyl groups is 2. The lowest BCUT2D eigenvalue weighted by Crippen LogP contribution is -2.65. The molecule has 4 aliphatic rings. The summed E-state index contributed by atoms with van der Waals surface area (Å²) in [6, 6.07) is 0. The number of aliphatic hydroxyl groups excluding tert-OH is 2. The third-order valence-electron chi connectivity index (χ3n) is 9.63. The molecule has 30 heavy (non-hydrogen) atoms. The van der Waals surface area contributed by atoms with E-state index in [1.807, 2.05) is 0 Å². The summed E-state index contributed by atoms with van der Waals surface area (Å²) in [4.78, 5) is 13.3. The first kappa shape index (κ1) is 22.5. The third kappa shape index (κ3) is 3.01. The van der Waals surface area contributed by atoms with Gasteiger partial charge in [0.1, 0.15) is 18.1 Å². The van der Waals surface area contributed by atoms with Gasteiger partial charge in [-0.05, 0) is 60.2 Å². The Labute approximate surface area is 180 Å². The van der Waals surface area contributed by atoms with Gasteiger partial charge in [-0.2, -0.15) is 0 Å². The molecule has 1 aliphatic heterocycles. The molecule has 0 aromatic carbocycles. The molecule has 6 nitrogen and oxygen atoms in total. The Morgan fingerprint density at radius 3 is 2.07 bits per heavy atom. The second kappa shape index (κ2) is 7.43. The molecule has 7 atom stereocenters. The molecule has 0 aromatic heterocycles. The number of rotatable bonds is 3. The van der Waals surface area contributed by atoms with Gasteiger partial charge in [0.2, 0.25) is 0 Å². The first-order valence-electron chi connectivity index (χ1n) is 11.7. The average molecular weight is 425 g/mol. The summed E-state index contributed by atoms with van der Waals surface area (Å²) in [7, 11) is 1.43. The van der Waals surface area contributed by atoms with E-state index in [1.165, 1.54) is 26.4 Å². The maximum Gasteiger partial charge on any atom is 0.314 e. The van der Waals surface area contributed by atoms with Crippen LogP contribution in [0.1, 0.15) is 72.6 Å². The topological polar surface area (TPSA) is 85.2 Å². The van der Waals surface area contributed by atoms with Crippen LogP contribution in [0.3, 0.4) is 0 Å². The molecule has 6 heteroatoms. The van der Waals surface area contributed by atoms with Gasteiger partial charge in [0.05, 0.1) is 20.3 Å². The van der Waals surface area contributed by atoms with Gasteiger partial charge in [0.25, 0.3) is 0 Å². The van der Waals surface area contributed by atoms with Crippen molar-refractivity contribution < 1.29 is 29.2 Å². The van der Waals surface area contributed by atoms with Crippen LogP contribution in [0.4, 0.5) is 0 Å². The van der Waals surface area contributed by atoms with Crippen LogP contribution in [0.5, 0.6) is 0 Å². The van der Waals surface area contributed by atoms with Gasteiger partial charge in [0, 0.05) is 6.42 Å². The van der Waals surface area contributed by atoms with Crippen LogP contribution >= 0.6 is 0 Å². The Hall–Kier alpha value is -0.690. The first-order chi connectivity index (χ1) is 14.1. The summed E-state index contributed by atoms with van der Waals surface area (Å²) >= 11 is 0. The molecular weight excluding hydrogens is 384 g/mol. The molecule has 2 N–H and O–H groups in total. The van der Waals surface area contributed by atoms with E-state index >= 15 is 0 Å². The van der Waals surface area contributed by atoms with Crippen molar-refractivity contribution >= 4 is 5.97 Å². The smallest absolute Gasteiger partial charge is 0.314 e. The number of hydrogen-bond donors (Lipinski definition) is 2. The van der Waals surface area contributed by atoms with Crippen molar-refractivity contribution in [3.8, 4) is 0 Å². The van der Waals surface area contributed by atoms with E-state index in [9.17, 15) is 15.0 Å². The summed E-state index contributed by atoms with van der Waals surface area (Å²) in [5.41, 5.74) is 0.177. The highest BCUT2D eigenvalue weighted by molar-refractivity contribution is 5.75. The maximum absolute atomic E-state index is 13.3. The van der Waals surface area contributed by atoms with Gasteiger partial charge < -0.3 is 24.4 Å². The van der Waals surface area contributed by atoms with E-state index in [-0.39, 0.29) is 30.0 Å². The summed E-state index contributed by atoms with van der Waals surface area (Å²) in [6.07, 6.45) is 5.98. The zero-order valence-electron chi connectivity index (χ0n) is 19.3. The minimum atomic E-state index is -1.13. The van der Waals surface area contributed by atoms with Crippen LogP contribution in [0.25, 0.3) is 0 Å². The monoisotopic (exact) mass is 424 g/mol. The minimum Gasteiger partial charge on any atom is -0.469 e. The van der Waals surface area contributed by atoms with Crippen LogP contribution in [0.2, 0.25) is 0 Å². The van der Waals surface area contributed by atoms with Gasteiger partial charge in [0.15, 0.2) is 5.79 Å². The lowest BCUT2D eigenvalue weighted by Gasteiger charge is -2.66. The van der Waals surface area contributed by atoms with Crippen LogP contribution < -0.4 is 0 Å². The predicted octanol–water partition coefficient (Wildman–Crippen LogP) is 3.28. The fourth-order valence-electron chi connectivity index (χ4n) is 8.51. The van der Waals surface area contributed by atoms with E-state index in [4.69, 9.17) is 14.2 Å². The van der Waals surface area contributed by atoms with E-state index < -0.39 is 23.9 Å². The van der Waals surface area contributed by atoms with E-state index in [0.29, 0.717) is 23.7 Å². The fraction of sp³-hybridized carbons (Fsp3) is 0.958. The van der Waals surface area contributed by atoms with Crippen molar-refractivity contribution in [2.75, 3.05) is 20.3 Å². The Balaban J connectivity index is 1.75. The molecule has 1 heterocycles. The van der Waals surface area contributed by atoms with Crippen molar-refractivity contribution in [1.29, 1.82) is 0 Å². The van der Waals surface area contributed by atoms with Crippen LogP contribution in [0, 0.1) is 34.0 Å². The van der Waals surface area contributed by atoms with Gasteiger partial charge in [-0.25, -0.2) is 0 Å². The quantitative estimate of drug-likeness (QED) is 0.677. The second-order valence-electron chi connectivity index (χ2n) is 11.5. The molecule has 0 bridgehead atoms. The molecule has 1 saturated heterocycles. The predicted molar refractivity (Wildman–Crippen MR) is 111 cm³/mol. The molecule has 0 aromatic rings. The summed E-state index contributed by atoms with van der Waals surface area (Å²) in [5.74, 6) is -0.972. The van der Waals surface area contributed by atoms with Crippen molar-refractivity contribution in [3.63, 3.8) is 0 Å². The average Bonchev–Trinajstić information content (AvgIpc) is 3.04. The maximum atomic E-state index is 13.3. The molecule has 0 radical (unpaired) electrons. The van der Waals surface area contributed by atoms with Gasteiger partial charge >= 0.3 is 5.97 Å². The van der Waals surface area contributed by atoms with Crippen molar-refractivity contribution in [2.45, 2.75) is 90.6 Å². The molecule has 172 valence electrons. The van der Waals surface area contributed by atoms with E-state index in [2.05, 4.69) is 27.7 Å². The highest BCUT2D eigenvalue weighted by atomic mass is 16.8. The summed E-state index contributed by atoms with van der Waals surface area (Å²) < 4.78 is 17.9. The highest BCUT2D eigenvalue weighted by Crippen LogP contribution is 2.70. The molecule has 4 fully saturated rings. The van der Waals surface area contributed by atoms with Crippen LogP contribution in [-0.2, 0) is 19.0 Å². The molecule has 4 rings (SSSR count). The molecule has 0 amide bonds. The number of carbonyl (C=O) groups is 1. The zero-order chi connectivity index (χ0) is 21.9. The highest BCUT2D eigenvalue weighted by Gasteiger charge is 2.70. The molecule has 1 spiro atoms. The molecular formula is C24H40O6. The number of esters is 1. The Kier molecular flexibility index (Phi) is 5.57. The van der Waals surface area contributed by atoms with Gasteiger partial charge in [-0.3, -0.25) is 4.79 Å². The van der Waals surface area contributed by atoms with E-state index in [1.54, 1.807) is 0 Å². The number of ether oxygens (including phenoxy) is 3. The molecule has 3 aliphatic carbocycles. The van der Waals surface area contributed by atoms with Crippen molar-refractivity contribution in [1.82, 2.24) is 0 Å². The standard InChI is InChI=1S/C24H40O6/c1-21(2)9-6-10-22(3)17(21)7-11-23(4)18(22)8-12-24(19(23)20(27)28-5)29-15(13-25)16(14-26)30-24/h15-19,25-26H,6-14H2,1-5H3/t15-,16-,17+,18-,19+,22+,23-/m1/s1. The summed E-state index contributed by atoms with van der Waals surface area (Å²) in [6.45, 7) is 9.04. The first-order valence-corrected chi connectivity index (χ1v) is 11.7. The number of hydrogen-bond acceptors (Lipinski definition) is 6. The molecule has 0 unspecified atom stereocenters. The normalized spacial score (nSPS) is 46.8.